The molecule has 0 aromatic heterocycles. The maximum atomic E-state index is 5.35. The van der Waals surface area contributed by atoms with E-state index in [1.165, 1.54) is 64.2 Å². The Morgan fingerprint density at radius 1 is 0.688 bits per heavy atom. The third-order valence-corrected chi connectivity index (χ3v) is 3.04. The highest BCUT2D eigenvalue weighted by atomic mass is 32.1. The van der Waals surface area contributed by atoms with Crippen LogP contribution in [0.1, 0.15) is 71.1 Å². The van der Waals surface area contributed by atoms with Crippen molar-refractivity contribution in [3.63, 3.8) is 0 Å². The van der Waals surface area contributed by atoms with Crippen molar-refractivity contribution in [1.29, 1.82) is 0 Å². The van der Waals surface area contributed by atoms with Gasteiger partial charge in [-0.25, -0.2) is 0 Å². The molecule has 0 rings (SSSR count). The molecule has 1 nitrogen and oxygen atoms in total. The van der Waals surface area contributed by atoms with E-state index in [9.17, 15) is 0 Å². The van der Waals surface area contributed by atoms with E-state index in [-0.39, 0.29) is 0 Å². The summed E-state index contributed by atoms with van der Waals surface area (Å²) >= 11 is 4.81. The standard InChI is InChI=1S/C14H29OS/c1-2-3-4-5-6-7-8-9-10-11-12-15-13-14-16/h2-14H2,1H3. The van der Waals surface area contributed by atoms with E-state index in [1.54, 1.807) is 0 Å². The molecule has 0 aromatic rings. The number of hydrogen-bond acceptors (Lipinski definition) is 1. The molecule has 0 aliphatic rings. The van der Waals surface area contributed by atoms with Crippen molar-refractivity contribution in [1.82, 2.24) is 0 Å². The molecule has 0 spiro atoms. The summed E-state index contributed by atoms with van der Waals surface area (Å²) < 4.78 is 5.35. The summed E-state index contributed by atoms with van der Waals surface area (Å²) in [5, 5.41) is 0. The highest BCUT2D eigenvalue weighted by Gasteiger charge is 1.92. The molecule has 0 atom stereocenters. The van der Waals surface area contributed by atoms with Gasteiger partial charge in [0, 0.05) is 12.4 Å². The molecule has 0 N–H and O–H groups in total. The van der Waals surface area contributed by atoms with Crippen molar-refractivity contribution in [3.05, 3.63) is 0 Å². The molecular weight excluding hydrogens is 216 g/mol. The number of hydrogen-bond donors (Lipinski definition) is 0. The van der Waals surface area contributed by atoms with Gasteiger partial charge in [-0.2, -0.15) is 0 Å². The van der Waals surface area contributed by atoms with Gasteiger partial charge in [-0.05, 0) is 6.42 Å². The number of ether oxygens (including phenoxy) is 1. The summed E-state index contributed by atoms with van der Waals surface area (Å²) in [4.78, 5) is 0. The minimum absolute atomic E-state index is 0.734. The predicted octanol–water partition coefficient (Wildman–Crippen LogP) is 5.12. The lowest BCUT2D eigenvalue weighted by Gasteiger charge is -2.03. The van der Waals surface area contributed by atoms with Gasteiger partial charge >= 0.3 is 0 Å². The summed E-state index contributed by atoms with van der Waals surface area (Å²) in [6.07, 6.45) is 13.8. The zero-order chi connectivity index (χ0) is 11.9. The first-order chi connectivity index (χ1) is 7.91. The van der Waals surface area contributed by atoms with Crippen LogP contribution in [-0.4, -0.2) is 19.0 Å². The fraction of sp³-hybridized carbons (Fsp3) is 1.00. The lowest BCUT2D eigenvalue weighted by molar-refractivity contribution is 0.145. The molecule has 0 saturated heterocycles. The van der Waals surface area contributed by atoms with Gasteiger partial charge in [-0.3, -0.25) is 0 Å². The fourth-order valence-corrected chi connectivity index (χ4v) is 1.97. The summed E-state index contributed by atoms with van der Waals surface area (Å²) in [6.45, 7) is 3.94. The van der Waals surface area contributed by atoms with Crippen LogP contribution in [0.2, 0.25) is 0 Å². The van der Waals surface area contributed by atoms with E-state index in [4.69, 9.17) is 17.4 Å². The van der Waals surface area contributed by atoms with Crippen molar-refractivity contribution < 1.29 is 4.74 Å². The Morgan fingerprint density at radius 2 is 1.19 bits per heavy atom. The second kappa shape index (κ2) is 15.3. The SMILES string of the molecule is CCCCCCCCCCCCOCC[S]. The number of unbranched alkanes of at least 4 members (excludes halogenated alkanes) is 9. The Balaban J connectivity index is 2.83. The van der Waals surface area contributed by atoms with Crippen molar-refractivity contribution in [2.45, 2.75) is 71.1 Å². The molecule has 0 unspecified atom stereocenters. The average Bonchev–Trinajstić information content (AvgIpc) is 2.31. The smallest absolute Gasteiger partial charge is 0.0565 e. The molecule has 0 heterocycles. The van der Waals surface area contributed by atoms with E-state index in [2.05, 4.69) is 6.92 Å². The largest absolute Gasteiger partial charge is 0.381 e. The monoisotopic (exact) mass is 245 g/mol. The van der Waals surface area contributed by atoms with Gasteiger partial charge in [0.1, 0.15) is 0 Å². The maximum absolute atomic E-state index is 5.35. The zero-order valence-electron chi connectivity index (χ0n) is 11.0. The molecular formula is C14H29OS. The Kier molecular flexibility index (Phi) is 15.6. The van der Waals surface area contributed by atoms with Crippen molar-refractivity contribution >= 4 is 12.6 Å². The molecule has 97 valence electrons. The Morgan fingerprint density at radius 3 is 1.69 bits per heavy atom. The van der Waals surface area contributed by atoms with Gasteiger partial charge < -0.3 is 4.74 Å². The highest BCUT2D eigenvalue weighted by Crippen LogP contribution is 2.10. The maximum Gasteiger partial charge on any atom is 0.0565 e. The fourth-order valence-electron chi connectivity index (χ4n) is 1.85. The molecule has 0 amide bonds. The normalized spacial score (nSPS) is 10.9. The lowest BCUT2D eigenvalue weighted by atomic mass is 10.1. The second-order valence-electron chi connectivity index (χ2n) is 4.50. The summed E-state index contributed by atoms with van der Waals surface area (Å²) in [7, 11) is 0. The van der Waals surface area contributed by atoms with Gasteiger partial charge in [0.15, 0.2) is 0 Å². The van der Waals surface area contributed by atoms with Gasteiger partial charge in [-0.1, -0.05) is 77.3 Å². The minimum Gasteiger partial charge on any atom is -0.381 e. The molecule has 0 aromatic carbocycles. The van der Waals surface area contributed by atoms with Crippen molar-refractivity contribution in [2.24, 2.45) is 0 Å². The first-order valence-corrected chi connectivity index (χ1v) is 7.65. The van der Waals surface area contributed by atoms with Crippen LogP contribution in [-0.2, 0) is 4.74 Å². The quantitative estimate of drug-likeness (QED) is 0.409. The van der Waals surface area contributed by atoms with Gasteiger partial charge in [0.25, 0.3) is 0 Å². The lowest BCUT2D eigenvalue weighted by Crippen LogP contribution is -1.97. The van der Waals surface area contributed by atoms with E-state index >= 15 is 0 Å². The topological polar surface area (TPSA) is 9.23 Å². The van der Waals surface area contributed by atoms with Gasteiger partial charge in [-0.15, -0.1) is 0 Å². The Bertz CT molecular complexity index is 103. The van der Waals surface area contributed by atoms with Crippen LogP contribution >= 0.6 is 12.6 Å². The molecule has 0 saturated carbocycles. The van der Waals surface area contributed by atoms with Crippen LogP contribution in [0.5, 0.6) is 0 Å². The summed E-state index contributed by atoms with van der Waals surface area (Å²) in [5.41, 5.74) is 0. The van der Waals surface area contributed by atoms with Crippen LogP contribution in [0.15, 0.2) is 0 Å². The molecule has 0 fully saturated rings. The van der Waals surface area contributed by atoms with E-state index < -0.39 is 0 Å². The average molecular weight is 245 g/mol. The third-order valence-electron chi connectivity index (χ3n) is 2.87. The first kappa shape index (κ1) is 16.3. The summed E-state index contributed by atoms with van der Waals surface area (Å²) in [6, 6.07) is 0. The molecule has 2 heteroatoms. The third kappa shape index (κ3) is 14.3. The van der Waals surface area contributed by atoms with Crippen molar-refractivity contribution in [2.75, 3.05) is 19.0 Å². The molecule has 0 aliphatic heterocycles. The summed E-state index contributed by atoms with van der Waals surface area (Å²) in [5.74, 6) is 0.734. The van der Waals surface area contributed by atoms with Crippen LogP contribution in [0.25, 0.3) is 0 Å². The van der Waals surface area contributed by atoms with Crippen LogP contribution in [0, 0.1) is 0 Å². The van der Waals surface area contributed by atoms with Crippen LogP contribution in [0.3, 0.4) is 0 Å². The molecule has 0 aliphatic carbocycles. The molecule has 1 radical (unpaired) electrons. The van der Waals surface area contributed by atoms with Gasteiger partial charge in [0.2, 0.25) is 0 Å². The minimum atomic E-state index is 0.734. The van der Waals surface area contributed by atoms with Crippen LogP contribution < -0.4 is 0 Å². The molecule has 0 bridgehead atoms. The van der Waals surface area contributed by atoms with Crippen LogP contribution in [0.4, 0.5) is 0 Å². The molecule has 16 heavy (non-hydrogen) atoms. The van der Waals surface area contributed by atoms with E-state index in [0.29, 0.717) is 0 Å². The highest BCUT2D eigenvalue weighted by molar-refractivity contribution is 7.80. The van der Waals surface area contributed by atoms with Gasteiger partial charge in [0.05, 0.1) is 6.61 Å². The number of rotatable bonds is 13. The first-order valence-electron chi connectivity index (χ1n) is 7.07. The predicted molar refractivity (Wildman–Crippen MR) is 75.1 cm³/mol. The zero-order valence-corrected chi connectivity index (χ0v) is 11.8. The Labute approximate surface area is 108 Å². The van der Waals surface area contributed by atoms with E-state index in [1.807, 2.05) is 0 Å². The Hall–Kier alpha value is 0.310. The second-order valence-corrected chi connectivity index (χ2v) is 4.91. The van der Waals surface area contributed by atoms with Crippen molar-refractivity contribution in [3.8, 4) is 0 Å². The van der Waals surface area contributed by atoms with E-state index in [0.717, 1.165) is 19.0 Å².